The number of H-pyrrole nitrogens is 1. The Kier molecular flexibility index (Phi) is 3.13. The molecule has 19 heavy (non-hydrogen) atoms. The molecule has 0 aliphatic heterocycles. The molecule has 0 amide bonds. The summed E-state index contributed by atoms with van der Waals surface area (Å²) in [6.07, 6.45) is 2.46. The summed E-state index contributed by atoms with van der Waals surface area (Å²) in [5.41, 5.74) is 6.38. The number of nitrogens with zero attached hydrogens (tertiary/aromatic N) is 4. The van der Waals surface area contributed by atoms with Gasteiger partial charge in [0.15, 0.2) is 5.82 Å². The molecular formula is C11H15N7O. The van der Waals surface area contributed by atoms with Crippen LogP contribution in [0.5, 0.6) is 5.88 Å². The molecule has 0 radical (unpaired) electrons. The highest BCUT2D eigenvalue weighted by Crippen LogP contribution is 2.30. The van der Waals surface area contributed by atoms with Crippen molar-refractivity contribution in [3.63, 3.8) is 0 Å². The van der Waals surface area contributed by atoms with Crippen LogP contribution in [0.2, 0.25) is 0 Å². The Bertz CT molecular complexity index is 538. The molecule has 3 rings (SSSR count). The molecule has 1 aliphatic rings. The van der Waals surface area contributed by atoms with Crippen LogP contribution in [0.4, 0.5) is 11.5 Å². The smallest absolute Gasteiger partial charge is 0.239 e. The van der Waals surface area contributed by atoms with E-state index in [1.807, 2.05) is 0 Å². The zero-order valence-corrected chi connectivity index (χ0v) is 10.3. The lowest BCUT2D eigenvalue weighted by Crippen LogP contribution is -2.07. The number of nitrogen functional groups attached to an aromatic ring is 1. The molecule has 4 N–H and O–H groups in total. The summed E-state index contributed by atoms with van der Waals surface area (Å²) in [5, 5.41) is 16.6. The molecule has 8 heteroatoms. The predicted octanol–water partition coefficient (Wildman–Crippen LogP) is 0.578. The maximum Gasteiger partial charge on any atom is 0.239 e. The summed E-state index contributed by atoms with van der Waals surface area (Å²) < 4.78 is 5.61. The Balaban J connectivity index is 1.62. The van der Waals surface area contributed by atoms with E-state index >= 15 is 0 Å². The number of aromatic nitrogens is 5. The molecule has 0 bridgehead atoms. The lowest BCUT2D eigenvalue weighted by Gasteiger charge is -2.09. The second kappa shape index (κ2) is 5.09. The average molecular weight is 261 g/mol. The van der Waals surface area contributed by atoms with Crippen LogP contribution in [0, 0.1) is 5.92 Å². The SMILES string of the molecule is Nc1ccc(NCc2nn[nH]n2)nc1OCC1CC1. The fourth-order valence-corrected chi connectivity index (χ4v) is 1.57. The van der Waals surface area contributed by atoms with Gasteiger partial charge in [-0.25, -0.2) is 0 Å². The third-order valence-corrected chi connectivity index (χ3v) is 2.86. The van der Waals surface area contributed by atoms with Crippen LogP contribution < -0.4 is 15.8 Å². The molecule has 1 aliphatic carbocycles. The van der Waals surface area contributed by atoms with Gasteiger partial charge in [-0.05, 0) is 30.9 Å². The minimum Gasteiger partial charge on any atom is -0.476 e. The third-order valence-electron chi connectivity index (χ3n) is 2.86. The van der Waals surface area contributed by atoms with Crippen LogP contribution in [0.25, 0.3) is 0 Å². The molecule has 0 atom stereocenters. The van der Waals surface area contributed by atoms with Gasteiger partial charge in [-0.1, -0.05) is 5.21 Å². The molecule has 0 aromatic carbocycles. The summed E-state index contributed by atoms with van der Waals surface area (Å²) in [4.78, 5) is 4.33. The number of rotatable bonds is 6. The molecule has 2 aromatic heterocycles. The standard InChI is InChI=1S/C11H15N7O/c12-8-3-4-9(13-5-10-15-17-18-16-10)14-11(8)19-6-7-1-2-7/h3-4,7H,1-2,5-6,12H2,(H,13,14)(H,15,16,17,18). The zero-order valence-electron chi connectivity index (χ0n) is 10.3. The van der Waals surface area contributed by atoms with E-state index < -0.39 is 0 Å². The average Bonchev–Trinajstić information content (AvgIpc) is 3.10. The first-order valence-corrected chi connectivity index (χ1v) is 6.17. The van der Waals surface area contributed by atoms with Crippen molar-refractivity contribution in [1.29, 1.82) is 0 Å². The van der Waals surface area contributed by atoms with Crippen molar-refractivity contribution in [2.24, 2.45) is 5.92 Å². The number of pyridine rings is 1. The number of ether oxygens (including phenoxy) is 1. The number of nitrogens with two attached hydrogens (primary N) is 1. The van der Waals surface area contributed by atoms with E-state index in [2.05, 4.69) is 30.9 Å². The van der Waals surface area contributed by atoms with Crippen LogP contribution in [0.3, 0.4) is 0 Å². The lowest BCUT2D eigenvalue weighted by atomic mass is 10.4. The van der Waals surface area contributed by atoms with Gasteiger partial charge in [-0.3, -0.25) is 0 Å². The van der Waals surface area contributed by atoms with Crippen LogP contribution in [0.1, 0.15) is 18.7 Å². The zero-order chi connectivity index (χ0) is 13.1. The lowest BCUT2D eigenvalue weighted by molar-refractivity contribution is 0.290. The number of aromatic amines is 1. The van der Waals surface area contributed by atoms with Crippen molar-refractivity contribution < 1.29 is 4.74 Å². The van der Waals surface area contributed by atoms with Crippen LogP contribution in [-0.2, 0) is 6.54 Å². The molecular weight excluding hydrogens is 246 g/mol. The summed E-state index contributed by atoms with van der Waals surface area (Å²) in [6, 6.07) is 3.56. The van der Waals surface area contributed by atoms with Gasteiger partial charge in [0, 0.05) is 0 Å². The van der Waals surface area contributed by atoms with Crippen molar-refractivity contribution >= 4 is 11.5 Å². The molecule has 0 unspecified atom stereocenters. The topological polar surface area (TPSA) is 115 Å². The maximum atomic E-state index is 5.83. The van der Waals surface area contributed by atoms with E-state index in [0.29, 0.717) is 42.3 Å². The first kappa shape index (κ1) is 11.7. The van der Waals surface area contributed by atoms with Crippen molar-refractivity contribution in [2.75, 3.05) is 17.7 Å². The third kappa shape index (κ3) is 3.09. The highest BCUT2D eigenvalue weighted by molar-refractivity contribution is 5.53. The van der Waals surface area contributed by atoms with Gasteiger partial charge >= 0.3 is 0 Å². The van der Waals surface area contributed by atoms with Gasteiger partial charge in [0.1, 0.15) is 5.82 Å². The van der Waals surface area contributed by atoms with Gasteiger partial charge in [0.25, 0.3) is 0 Å². The predicted molar refractivity (Wildman–Crippen MR) is 68.4 cm³/mol. The molecule has 1 fully saturated rings. The van der Waals surface area contributed by atoms with Gasteiger partial charge in [0.2, 0.25) is 5.88 Å². The maximum absolute atomic E-state index is 5.83. The number of anilines is 2. The molecule has 2 aromatic rings. The van der Waals surface area contributed by atoms with Crippen LogP contribution >= 0.6 is 0 Å². The molecule has 0 spiro atoms. The molecule has 0 saturated heterocycles. The van der Waals surface area contributed by atoms with Crippen molar-refractivity contribution in [2.45, 2.75) is 19.4 Å². The van der Waals surface area contributed by atoms with Crippen LogP contribution in [0.15, 0.2) is 12.1 Å². The minimum atomic E-state index is 0.440. The minimum absolute atomic E-state index is 0.440. The Labute approximate surface area is 109 Å². The van der Waals surface area contributed by atoms with Gasteiger partial charge in [0.05, 0.1) is 18.8 Å². The quantitative estimate of drug-likeness (QED) is 0.696. The Morgan fingerprint density at radius 2 is 2.32 bits per heavy atom. The van der Waals surface area contributed by atoms with Crippen molar-refractivity contribution in [3.8, 4) is 5.88 Å². The Hall–Kier alpha value is -2.38. The van der Waals surface area contributed by atoms with E-state index in [9.17, 15) is 0 Å². The summed E-state index contributed by atoms with van der Waals surface area (Å²) >= 11 is 0. The highest BCUT2D eigenvalue weighted by atomic mass is 16.5. The van der Waals surface area contributed by atoms with E-state index in [1.54, 1.807) is 12.1 Å². The van der Waals surface area contributed by atoms with Crippen LogP contribution in [-0.4, -0.2) is 32.2 Å². The van der Waals surface area contributed by atoms with E-state index in [1.165, 1.54) is 12.8 Å². The second-order valence-corrected chi connectivity index (χ2v) is 4.53. The Morgan fingerprint density at radius 3 is 3.05 bits per heavy atom. The fraction of sp³-hybridized carbons (Fsp3) is 0.455. The molecule has 100 valence electrons. The summed E-state index contributed by atoms with van der Waals surface area (Å²) in [7, 11) is 0. The number of tetrazole rings is 1. The number of nitrogens with one attached hydrogen (secondary N) is 2. The van der Waals surface area contributed by atoms with Crippen molar-refractivity contribution in [3.05, 3.63) is 18.0 Å². The van der Waals surface area contributed by atoms with E-state index in [4.69, 9.17) is 10.5 Å². The Morgan fingerprint density at radius 1 is 1.42 bits per heavy atom. The van der Waals surface area contributed by atoms with E-state index in [0.717, 1.165) is 0 Å². The van der Waals surface area contributed by atoms with Crippen molar-refractivity contribution in [1.82, 2.24) is 25.6 Å². The summed E-state index contributed by atoms with van der Waals surface area (Å²) in [5.74, 6) is 2.38. The number of hydrogen-bond donors (Lipinski definition) is 3. The number of hydrogen-bond acceptors (Lipinski definition) is 7. The second-order valence-electron chi connectivity index (χ2n) is 4.53. The molecule has 8 nitrogen and oxygen atoms in total. The summed E-state index contributed by atoms with van der Waals surface area (Å²) in [6.45, 7) is 1.13. The molecule has 1 saturated carbocycles. The largest absolute Gasteiger partial charge is 0.476 e. The van der Waals surface area contributed by atoms with E-state index in [-0.39, 0.29) is 0 Å². The first-order valence-electron chi connectivity index (χ1n) is 6.17. The first-order chi connectivity index (χ1) is 9.31. The highest BCUT2D eigenvalue weighted by Gasteiger charge is 2.22. The fourth-order valence-electron chi connectivity index (χ4n) is 1.57. The monoisotopic (exact) mass is 261 g/mol. The van der Waals surface area contributed by atoms with Gasteiger partial charge in [-0.15, -0.1) is 10.2 Å². The van der Waals surface area contributed by atoms with Gasteiger partial charge < -0.3 is 15.8 Å². The normalized spacial score (nSPS) is 14.3. The van der Waals surface area contributed by atoms with Gasteiger partial charge in [-0.2, -0.15) is 10.2 Å². The molecule has 2 heterocycles.